The van der Waals surface area contributed by atoms with Gasteiger partial charge in [0.15, 0.2) is 0 Å². The Morgan fingerprint density at radius 2 is 1.59 bits per heavy atom. The third-order valence-electron chi connectivity index (χ3n) is 3.51. The Kier molecular flexibility index (Phi) is 5.94. The molecule has 2 nitrogen and oxygen atoms in total. The van der Waals surface area contributed by atoms with E-state index in [0.717, 1.165) is 12.5 Å². The van der Waals surface area contributed by atoms with Crippen LogP contribution in [0.5, 0.6) is 0 Å². The van der Waals surface area contributed by atoms with Crippen molar-refractivity contribution < 1.29 is 4.74 Å². The largest absolute Gasteiger partial charge is 0.372 e. The van der Waals surface area contributed by atoms with Gasteiger partial charge in [-0.1, -0.05) is 41.5 Å². The number of morpholine rings is 1. The number of nitrogens with one attached hydrogen (secondary N) is 1. The van der Waals surface area contributed by atoms with E-state index in [1.165, 1.54) is 12.8 Å². The first kappa shape index (κ1) is 15.0. The van der Waals surface area contributed by atoms with Crippen LogP contribution in [0, 0.1) is 17.8 Å². The maximum Gasteiger partial charge on any atom is 0.0737 e. The molecule has 1 fully saturated rings. The van der Waals surface area contributed by atoms with Gasteiger partial charge in [-0.3, -0.25) is 0 Å². The molecule has 1 N–H and O–H groups in total. The van der Waals surface area contributed by atoms with Crippen LogP contribution in [-0.2, 0) is 4.74 Å². The fourth-order valence-corrected chi connectivity index (χ4v) is 2.78. The molecule has 3 atom stereocenters. The molecule has 1 aliphatic heterocycles. The van der Waals surface area contributed by atoms with Gasteiger partial charge in [0.05, 0.1) is 12.2 Å². The van der Waals surface area contributed by atoms with Gasteiger partial charge in [-0.2, -0.15) is 0 Å². The molecular formula is C15H31NO. The predicted molar refractivity (Wildman–Crippen MR) is 74.2 cm³/mol. The quantitative estimate of drug-likeness (QED) is 0.796. The normalized spacial score (nSPS) is 30.5. The van der Waals surface area contributed by atoms with Crippen LogP contribution in [0.2, 0.25) is 0 Å². The molecule has 3 unspecified atom stereocenters. The third kappa shape index (κ3) is 4.97. The molecule has 102 valence electrons. The first-order chi connectivity index (χ1) is 7.90. The van der Waals surface area contributed by atoms with E-state index in [-0.39, 0.29) is 0 Å². The van der Waals surface area contributed by atoms with E-state index in [1.807, 2.05) is 0 Å². The molecule has 0 saturated carbocycles. The van der Waals surface area contributed by atoms with Crippen LogP contribution in [0.3, 0.4) is 0 Å². The molecule has 1 rings (SSSR count). The van der Waals surface area contributed by atoms with Gasteiger partial charge in [-0.15, -0.1) is 0 Å². The first-order valence-corrected chi connectivity index (χ1v) is 7.29. The van der Waals surface area contributed by atoms with Crippen molar-refractivity contribution in [3.8, 4) is 0 Å². The van der Waals surface area contributed by atoms with E-state index in [2.05, 4.69) is 46.9 Å². The number of hydrogen-bond donors (Lipinski definition) is 1. The predicted octanol–water partition coefficient (Wildman–Crippen LogP) is 3.46. The Bertz CT molecular complexity index is 213. The van der Waals surface area contributed by atoms with Gasteiger partial charge in [-0.05, 0) is 30.6 Å². The first-order valence-electron chi connectivity index (χ1n) is 7.29. The molecular weight excluding hydrogens is 210 g/mol. The molecule has 0 bridgehead atoms. The van der Waals surface area contributed by atoms with Gasteiger partial charge in [-0.25, -0.2) is 0 Å². The van der Waals surface area contributed by atoms with Crippen LogP contribution in [0.1, 0.15) is 54.4 Å². The molecule has 0 amide bonds. The fourth-order valence-electron chi connectivity index (χ4n) is 2.78. The smallest absolute Gasteiger partial charge is 0.0737 e. The van der Waals surface area contributed by atoms with Gasteiger partial charge in [0.1, 0.15) is 0 Å². The number of rotatable bonds is 5. The van der Waals surface area contributed by atoms with Gasteiger partial charge in [0, 0.05) is 12.6 Å². The van der Waals surface area contributed by atoms with E-state index in [0.29, 0.717) is 30.1 Å². The minimum Gasteiger partial charge on any atom is -0.372 e. The van der Waals surface area contributed by atoms with Gasteiger partial charge < -0.3 is 10.1 Å². The monoisotopic (exact) mass is 241 g/mol. The summed E-state index contributed by atoms with van der Waals surface area (Å²) in [6.07, 6.45) is 3.15. The van der Waals surface area contributed by atoms with Crippen LogP contribution >= 0.6 is 0 Å². The number of hydrogen-bond acceptors (Lipinski definition) is 2. The second kappa shape index (κ2) is 6.75. The minimum atomic E-state index is 0.396. The molecule has 0 aromatic rings. The summed E-state index contributed by atoms with van der Waals surface area (Å²) in [5.74, 6) is 2.08. The molecule has 0 radical (unpaired) electrons. The molecule has 17 heavy (non-hydrogen) atoms. The summed E-state index contributed by atoms with van der Waals surface area (Å²) in [5.41, 5.74) is 0. The molecule has 0 aromatic carbocycles. The van der Waals surface area contributed by atoms with Crippen molar-refractivity contribution in [2.24, 2.45) is 17.8 Å². The summed E-state index contributed by atoms with van der Waals surface area (Å²) >= 11 is 0. The molecule has 1 heterocycles. The van der Waals surface area contributed by atoms with E-state index in [9.17, 15) is 0 Å². The summed E-state index contributed by atoms with van der Waals surface area (Å²) in [6, 6.07) is 0.529. The lowest BCUT2D eigenvalue weighted by Gasteiger charge is -2.41. The highest BCUT2D eigenvalue weighted by Crippen LogP contribution is 2.24. The number of ether oxygens (including phenoxy) is 1. The summed E-state index contributed by atoms with van der Waals surface area (Å²) in [6.45, 7) is 14.7. The molecule has 1 saturated heterocycles. The van der Waals surface area contributed by atoms with E-state index >= 15 is 0 Å². The summed E-state index contributed by atoms with van der Waals surface area (Å²) in [5, 5.41) is 3.70. The van der Waals surface area contributed by atoms with Crippen molar-refractivity contribution in [1.82, 2.24) is 5.32 Å². The molecule has 0 aliphatic carbocycles. The zero-order valence-corrected chi connectivity index (χ0v) is 12.5. The van der Waals surface area contributed by atoms with E-state index in [4.69, 9.17) is 4.74 Å². The van der Waals surface area contributed by atoms with Crippen molar-refractivity contribution in [3.63, 3.8) is 0 Å². The van der Waals surface area contributed by atoms with Crippen molar-refractivity contribution >= 4 is 0 Å². The Hall–Kier alpha value is -0.0800. The molecule has 1 aliphatic rings. The fraction of sp³-hybridized carbons (Fsp3) is 1.00. The Balaban J connectivity index is 2.56. The zero-order valence-electron chi connectivity index (χ0n) is 12.5. The maximum absolute atomic E-state index is 6.32. The van der Waals surface area contributed by atoms with Crippen molar-refractivity contribution in [2.45, 2.75) is 72.6 Å². The Morgan fingerprint density at radius 3 is 2.06 bits per heavy atom. The van der Waals surface area contributed by atoms with Crippen LogP contribution in [-0.4, -0.2) is 24.8 Å². The lowest BCUT2D eigenvalue weighted by atomic mass is 9.90. The standard InChI is InChI=1S/C15H31NO/c1-10(2)7-13-9-16-15(12(5)6)14(17-13)8-11(3)4/h10-16H,7-9H2,1-6H3. The van der Waals surface area contributed by atoms with Crippen LogP contribution in [0.25, 0.3) is 0 Å². The third-order valence-corrected chi connectivity index (χ3v) is 3.51. The van der Waals surface area contributed by atoms with Crippen molar-refractivity contribution in [1.29, 1.82) is 0 Å². The topological polar surface area (TPSA) is 21.3 Å². The van der Waals surface area contributed by atoms with Gasteiger partial charge >= 0.3 is 0 Å². The molecule has 0 aromatic heterocycles. The van der Waals surface area contributed by atoms with Crippen molar-refractivity contribution in [3.05, 3.63) is 0 Å². The Morgan fingerprint density at radius 1 is 1.00 bits per heavy atom. The summed E-state index contributed by atoms with van der Waals surface area (Å²) in [7, 11) is 0. The summed E-state index contributed by atoms with van der Waals surface area (Å²) < 4.78 is 6.32. The van der Waals surface area contributed by atoms with Crippen LogP contribution in [0.4, 0.5) is 0 Å². The highest BCUT2D eigenvalue weighted by molar-refractivity contribution is 4.87. The SMILES string of the molecule is CC(C)CC1CNC(C(C)C)C(CC(C)C)O1. The lowest BCUT2D eigenvalue weighted by molar-refractivity contribution is -0.0865. The summed E-state index contributed by atoms with van der Waals surface area (Å²) in [4.78, 5) is 0. The molecule has 0 spiro atoms. The van der Waals surface area contributed by atoms with E-state index in [1.54, 1.807) is 0 Å². The Labute approximate surface area is 108 Å². The average molecular weight is 241 g/mol. The van der Waals surface area contributed by atoms with Crippen LogP contribution < -0.4 is 5.32 Å². The second-order valence-electron chi connectivity index (χ2n) is 6.73. The molecule has 2 heteroatoms. The zero-order chi connectivity index (χ0) is 13.0. The highest BCUT2D eigenvalue weighted by atomic mass is 16.5. The van der Waals surface area contributed by atoms with Gasteiger partial charge in [0.25, 0.3) is 0 Å². The van der Waals surface area contributed by atoms with Gasteiger partial charge in [0.2, 0.25) is 0 Å². The highest BCUT2D eigenvalue weighted by Gasteiger charge is 2.33. The van der Waals surface area contributed by atoms with Crippen LogP contribution in [0.15, 0.2) is 0 Å². The van der Waals surface area contributed by atoms with E-state index < -0.39 is 0 Å². The minimum absolute atomic E-state index is 0.396. The average Bonchev–Trinajstić information content (AvgIpc) is 2.15. The van der Waals surface area contributed by atoms with Crippen molar-refractivity contribution in [2.75, 3.05) is 6.54 Å². The lowest BCUT2D eigenvalue weighted by Crippen LogP contribution is -2.55. The maximum atomic E-state index is 6.32. The second-order valence-corrected chi connectivity index (χ2v) is 6.73.